The van der Waals surface area contributed by atoms with Gasteiger partial charge < -0.3 is 14.8 Å². The molecule has 0 saturated carbocycles. The number of benzene rings is 3. The Morgan fingerprint density at radius 1 is 0.774 bits per heavy atom. The quantitative estimate of drug-likeness (QED) is 0.430. The number of pyridine rings is 1. The van der Waals surface area contributed by atoms with Gasteiger partial charge in [-0.1, -0.05) is 78.9 Å². The molecule has 5 nitrogen and oxygen atoms in total. The summed E-state index contributed by atoms with van der Waals surface area (Å²) in [7, 11) is 0. The molecule has 1 N–H and O–H groups in total. The minimum Gasteiger partial charge on any atom is -0.484 e. The van der Waals surface area contributed by atoms with E-state index >= 15 is 0 Å². The zero-order valence-corrected chi connectivity index (χ0v) is 16.8. The first-order valence-electron chi connectivity index (χ1n) is 9.98. The number of amides is 1. The van der Waals surface area contributed by atoms with Gasteiger partial charge in [0, 0.05) is 6.07 Å². The molecule has 1 aromatic heterocycles. The van der Waals surface area contributed by atoms with Crippen LogP contribution in [0, 0.1) is 0 Å². The molecular formula is C26H22N2O3. The highest BCUT2D eigenvalue weighted by Gasteiger charge is 2.16. The summed E-state index contributed by atoms with van der Waals surface area (Å²) in [4.78, 5) is 16.5. The topological polar surface area (TPSA) is 60.5 Å². The third-order valence-corrected chi connectivity index (χ3v) is 4.58. The molecule has 0 aliphatic heterocycles. The Kier molecular flexibility index (Phi) is 6.55. The molecule has 4 aromatic rings. The second kappa shape index (κ2) is 10.1. The van der Waals surface area contributed by atoms with Crippen LogP contribution in [0.15, 0.2) is 109 Å². The first-order chi connectivity index (χ1) is 15.3. The molecule has 0 fully saturated rings. The van der Waals surface area contributed by atoms with Crippen molar-refractivity contribution in [1.29, 1.82) is 0 Å². The van der Waals surface area contributed by atoms with Crippen molar-refractivity contribution in [2.45, 2.75) is 6.10 Å². The Hall–Kier alpha value is -4.12. The van der Waals surface area contributed by atoms with Gasteiger partial charge in [-0.05, 0) is 29.3 Å². The Labute approximate surface area is 181 Å². The van der Waals surface area contributed by atoms with Crippen LogP contribution in [-0.2, 0) is 4.79 Å². The molecule has 0 atom stereocenters. The predicted molar refractivity (Wildman–Crippen MR) is 120 cm³/mol. The molecule has 5 heteroatoms. The van der Waals surface area contributed by atoms with Crippen LogP contribution < -0.4 is 14.8 Å². The number of para-hydroxylation sites is 1. The third-order valence-electron chi connectivity index (χ3n) is 4.58. The average molecular weight is 410 g/mol. The summed E-state index contributed by atoms with van der Waals surface area (Å²) in [5, 5.41) is 2.77. The highest BCUT2D eigenvalue weighted by Crippen LogP contribution is 2.27. The summed E-state index contributed by atoms with van der Waals surface area (Å²) in [6.07, 6.45) is 1.29. The number of carbonyl (C=O) groups excluding carboxylic acids is 1. The fourth-order valence-corrected chi connectivity index (χ4v) is 3.09. The molecule has 0 saturated heterocycles. The van der Waals surface area contributed by atoms with Crippen molar-refractivity contribution in [2.75, 3.05) is 11.9 Å². The highest BCUT2D eigenvalue weighted by molar-refractivity contribution is 5.91. The minimum atomic E-state index is -0.283. The molecule has 3 aromatic carbocycles. The van der Waals surface area contributed by atoms with Crippen LogP contribution >= 0.6 is 0 Å². The lowest BCUT2D eigenvalue weighted by molar-refractivity contribution is -0.118. The van der Waals surface area contributed by atoms with Crippen LogP contribution in [-0.4, -0.2) is 17.5 Å². The van der Waals surface area contributed by atoms with Crippen molar-refractivity contribution in [3.63, 3.8) is 0 Å². The van der Waals surface area contributed by atoms with E-state index < -0.39 is 0 Å². The molecule has 1 heterocycles. The van der Waals surface area contributed by atoms with Gasteiger partial charge in [0.05, 0.1) is 11.9 Å². The van der Waals surface area contributed by atoms with E-state index in [1.165, 1.54) is 0 Å². The fourth-order valence-electron chi connectivity index (χ4n) is 3.09. The summed E-state index contributed by atoms with van der Waals surface area (Å²) in [6, 6.07) is 32.7. The molecule has 0 aliphatic carbocycles. The average Bonchev–Trinajstić information content (AvgIpc) is 2.84. The third kappa shape index (κ3) is 5.70. The van der Waals surface area contributed by atoms with Crippen LogP contribution in [0.3, 0.4) is 0 Å². The first kappa shape index (κ1) is 20.2. The lowest BCUT2D eigenvalue weighted by Gasteiger charge is -2.19. The largest absolute Gasteiger partial charge is 0.484 e. The predicted octanol–water partition coefficient (Wildman–Crippen LogP) is 5.27. The summed E-state index contributed by atoms with van der Waals surface area (Å²) >= 11 is 0. The summed E-state index contributed by atoms with van der Waals surface area (Å²) in [5.74, 6) is 0.856. The van der Waals surface area contributed by atoms with Gasteiger partial charge in [0.1, 0.15) is 5.75 Å². The molecular weight excluding hydrogens is 388 g/mol. The number of nitrogens with zero attached hydrogens (tertiary/aromatic N) is 1. The maximum Gasteiger partial charge on any atom is 0.262 e. The van der Waals surface area contributed by atoms with Crippen molar-refractivity contribution >= 4 is 11.6 Å². The smallest absolute Gasteiger partial charge is 0.262 e. The number of ether oxygens (including phenoxy) is 2. The Morgan fingerprint density at radius 3 is 1.90 bits per heavy atom. The molecule has 1 amide bonds. The van der Waals surface area contributed by atoms with Crippen LogP contribution in [0.2, 0.25) is 0 Å². The van der Waals surface area contributed by atoms with Gasteiger partial charge in [-0.2, -0.15) is 0 Å². The lowest BCUT2D eigenvalue weighted by atomic mass is 10.0. The van der Waals surface area contributed by atoms with Crippen LogP contribution in [0.1, 0.15) is 17.2 Å². The molecule has 154 valence electrons. The SMILES string of the molecule is O=C(COc1ccccc1)Nc1ccc(OC(c2ccccc2)c2ccccc2)nc1. The molecule has 0 radical (unpaired) electrons. The van der Waals surface area contributed by atoms with Crippen molar-refractivity contribution in [3.05, 3.63) is 120 Å². The summed E-state index contributed by atoms with van der Waals surface area (Å²) < 4.78 is 11.7. The van der Waals surface area contributed by atoms with Crippen LogP contribution in [0.25, 0.3) is 0 Å². The molecule has 0 spiro atoms. The molecule has 0 aliphatic rings. The van der Waals surface area contributed by atoms with E-state index in [0.717, 1.165) is 11.1 Å². The number of carbonyl (C=O) groups is 1. The van der Waals surface area contributed by atoms with Crippen molar-refractivity contribution in [1.82, 2.24) is 4.98 Å². The maximum absolute atomic E-state index is 12.1. The van der Waals surface area contributed by atoms with Gasteiger partial charge in [0.2, 0.25) is 5.88 Å². The zero-order valence-electron chi connectivity index (χ0n) is 16.8. The normalized spacial score (nSPS) is 10.5. The van der Waals surface area contributed by atoms with E-state index in [0.29, 0.717) is 17.3 Å². The Balaban J connectivity index is 1.40. The monoisotopic (exact) mass is 410 g/mol. The van der Waals surface area contributed by atoms with Gasteiger partial charge in [-0.15, -0.1) is 0 Å². The fraction of sp³-hybridized carbons (Fsp3) is 0.0769. The van der Waals surface area contributed by atoms with Crippen molar-refractivity contribution in [2.24, 2.45) is 0 Å². The van der Waals surface area contributed by atoms with Crippen molar-refractivity contribution in [3.8, 4) is 11.6 Å². The van der Waals surface area contributed by atoms with Gasteiger partial charge in [-0.3, -0.25) is 4.79 Å². The molecule has 0 bridgehead atoms. The molecule has 4 rings (SSSR count). The standard InChI is InChI=1S/C26H22N2O3/c29-24(19-30-23-14-8-3-9-15-23)28-22-16-17-25(27-18-22)31-26(20-10-4-1-5-11-20)21-12-6-2-7-13-21/h1-18,26H,19H2,(H,28,29). The Bertz CT molecular complexity index is 1050. The number of hydrogen-bond donors (Lipinski definition) is 1. The van der Waals surface area contributed by atoms with Gasteiger partial charge in [0.15, 0.2) is 12.7 Å². The number of nitrogens with one attached hydrogen (secondary N) is 1. The highest BCUT2D eigenvalue weighted by atomic mass is 16.5. The van der Waals surface area contributed by atoms with Crippen molar-refractivity contribution < 1.29 is 14.3 Å². The Morgan fingerprint density at radius 2 is 1.35 bits per heavy atom. The minimum absolute atomic E-state index is 0.0770. The summed E-state index contributed by atoms with van der Waals surface area (Å²) in [6.45, 7) is -0.0770. The number of rotatable bonds is 8. The number of anilines is 1. The van der Waals surface area contributed by atoms with Gasteiger partial charge >= 0.3 is 0 Å². The second-order valence-corrected chi connectivity index (χ2v) is 6.85. The van der Waals surface area contributed by atoms with E-state index in [1.54, 1.807) is 30.5 Å². The number of aromatic nitrogens is 1. The molecule has 31 heavy (non-hydrogen) atoms. The maximum atomic E-state index is 12.1. The van der Waals surface area contributed by atoms with E-state index in [4.69, 9.17) is 9.47 Å². The van der Waals surface area contributed by atoms with Crippen LogP contribution in [0.5, 0.6) is 11.6 Å². The van der Waals surface area contributed by atoms with Gasteiger partial charge in [-0.25, -0.2) is 4.98 Å². The van der Waals surface area contributed by atoms with E-state index in [1.807, 2.05) is 78.9 Å². The molecule has 0 unspecified atom stereocenters. The van der Waals surface area contributed by atoms with E-state index in [2.05, 4.69) is 10.3 Å². The zero-order chi connectivity index (χ0) is 21.3. The van der Waals surface area contributed by atoms with E-state index in [-0.39, 0.29) is 18.6 Å². The summed E-state index contributed by atoms with van der Waals surface area (Å²) in [5.41, 5.74) is 2.64. The lowest BCUT2D eigenvalue weighted by Crippen LogP contribution is -2.20. The van der Waals surface area contributed by atoms with Crippen LogP contribution in [0.4, 0.5) is 5.69 Å². The van der Waals surface area contributed by atoms with E-state index in [9.17, 15) is 4.79 Å². The second-order valence-electron chi connectivity index (χ2n) is 6.85. The first-order valence-corrected chi connectivity index (χ1v) is 9.98. The van der Waals surface area contributed by atoms with Gasteiger partial charge in [0.25, 0.3) is 5.91 Å². The number of hydrogen-bond acceptors (Lipinski definition) is 4.